The van der Waals surface area contributed by atoms with E-state index < -0.39 is 0 Å². The number of hydrogen-bond donors (Lipinski definition) is 0. The SMILES string of the molecule is CC[OH2+].CC[OH2+].[OH+]=C([CH-]C(=[OH+])c1ccccc1)CCCCCCCCC(=[OH+])[CH-]C(=[OH+])c1ccccc1.[Ti]. The minimum Gasteiger partial charge on any atom is -0.446 e. The van der Waals surface area contributed by atoms with Crippen LogP contribution in [0.5, 0.6) is 0 Å². The molecule has 0 aliphatic carbocycles. The predicted molar refractivity (Wildman–Crippen MR) is 153 cm³/mol. The summed E-state index contributed by atoms with van der Waals surface area (Å²) in [5, 5.41) is 12.4. The second-order valence-electron chi connectivity index (χ2n) is 8.10. The topological polar surface area (TPSA) is 131 Å². The average Bonchev–Trinajstić information content (AvgIpc) is 2.87. The van der Waals surface area contributed by atoms with Crippen molar-refractivity contribution < 1.29 is 51.1 Å². The molecule has 0 heterocycles. The molecule has 0 aromatic heterocycles. The predicted octanol–water partition coefficient (Wildman–Crippen LogP) is 4.25. The van der Waals surface area contributed by atoms with Crippen LogP contribution in [-0.2, 0) is 21.7 Å². The van der Waals surface area contributed by atoms with Crippen LogP contribution >= 0.6 is 0 Å². The normalized spacial score (nSPS) is 9.30. The summed E-state index contributed by atoms with van der Waals surface area (Å²) in [7, 11) is 0. The van der Waals surface area contributed by atoms with Gasteiger partial charge >= 0.3 is 0 Å². The van der Waals surface area contributed by atoms with Crippen LogP contribution in [0.25, 0.3) is 0 Å². The Morgan fingerprint density at radius 1 is 0.568 bits per heavy atom. The van der Waals surface area contributed by atoms with E-state index in [0.29, 0.717) is 37.2 Å². The van der Waals surface area contributed by atoms with Gasteiger partial charge in [0.15, 0.2) is 0 Å². The molecule has 0 saturated heterocycles. The number of carbonyl (C=O) groups excluding carboxylic acids is 4. The van der Waals surface area contributed by atoms with Gasteiger partial charge in [0.25, 0.3) is 0 Å². The Hall–Kier alpha value is -2.51. The van der Waals surface area contributed by atoms with Gasteiger partial charge < -0.3 is 19.8 Å². The van der Waals surface area contributed by atoms with Gasteiger partial charge in [0.2, 0.25) is 23.1 Å². The van der Waals surface area contributed by atoms with Gasteiger partial charge in [-0.3, -0.25) is 9.59 Å². The zero-order valence-electron chi connectivity index (χ0n) is 22.3. The molecular formula is C30H46O6Ti+4. The van der Waals surface area contributed by atoms with Crippen LogP contribution in [0.2, 0.25) is 0 Å². The molecule has 0 aliphatic rings. The van der Waals surface area contributed by atoms with E-state index in [1.165, 1.54) is 12.8 Å². The van der Waals surface area contributed by atoms with Crippen LogP contribution in [0.3, 0.4) is 0 Å². The molecule has 0 spiro atoms. The molecule has 2 aromatic rings. The maximum atomic E-state index is 9.99. The maximum absolute atomic E-state index is 9.99. The second kappa shape index (κ2) is 25.2. The van der Waals surface area contributed by atoms with E-state index in [-0.39, 0.29) is 44.9 Å². The van der Waals surface area contributed by atoms with Crippen LogP contribution in [-0.4, -0.2) is 65.7 Å². The van der Waals surface area contributed by atoms with Crippen molar-refractivity contribution in [3.05, 3.63) is 84.6 Å². The second-order valence-corrected chi connectivity index (χ2v) is 8.10. The molecule has 0 bridgehead atoms. The van der Waals surface area contributed by atoms with Crippen LogP contribution in [0.15, 0.2) is 60.7 Å². The zero-order chi connectivity index (χ0) is 27.0. The average molecular weight is 551 g/mol. The van der Waals surface area contributed by atoms with E-state index in [1.54, 1.807) is 38.1 Å². The third kappa shape index (κ3) is 20.3. The van der Waals surface area contributed by atoms with Gasteiger partial charge in [0.05, 0.1) is 0 Å². The molecule has 0 radical (unpaired) electrons. The van der Waals surface area contributed by atoms with Gasteiger partial charge in [-0.15, -0.1) is 24.3 Å². The quantitative estimate of drug-likeness (QED) is 0.0784. The maximum Gasteiger partial charge on any atom is 0.250 e. The molecule has 37 heavy (non-hydrogen) atoms. The van der Waals surface area contributed by atoms with Gasteiger partial charge in [-0.05, 0) is 25.7 Å². The molecule has 2 rings (SSSR count). The van der Waals surface area contributed by atoms with Gasteiger partial charge in [0, 0.05) is 48.4 Å². The number of ketones is 4. The van der Waals surface area contributed by atoms with E-state index in [2.05, 4.69) is 0 Å². The third-order valence-corrected chi connectivity index (χ3v) is 4.86. The number of hydrogen-bond acceptors (Lipinski definition) is 0. The molecule has 7 heteroatoms. The van der Waals surface area contributed by atoms with E-state index in [9.17, 15) is 19.2 Å². The smallest absolute Gasteiger partial charge is 0.250 e. The first kappa shape index (κ1) is 36.7. The molecule has 202 valence electrons. The van der Waals surface area contributed by atoms with Crippen LogP contribution < -0.4 is 0 Å². The van der Waals surface area contributed by atoms with Crippen molar-refractivity contribution in [3.63, 3.8) is 0 Å². The first-order valence-electron chi connectivity index (χ1n) is 12.7. The summed E-state index contributed by atoms with van der Waals surface area (Å²) in [6, 6.07) is 18.3. The first-order chi connectivity index (χ1) is 17.4. The fourth-order valence-corrected chi connectivity index (χ4v) is 3.16. The van der Waals surface area contributed by atoms with Crippen molar-refractivity contribution in [1.82, 2.24) is 0 Å². The van der Waals surface area contributed by atoms with Crippen LogP contribution in [0.4, 0.5) is 0 Å². The van der Waals surface area contributed by atoms with Crippen molar-refractivity contribution in [2.75, 3.05) is 13.2 Å². The van der Waals surface area contributed by atoms with E-state index in [1.807, 2.05) is 36.4 Å². The Labute approximate surface area is 236 Å². The fraction of sp³-hybridized carbons (Fsp3) is 0.400. The molecule has 0 unspecified atom stereocenters. The summed E-state index contributed by atoms with van der Waals surface area (Å²) in [6.07, 6.45) is 9.83. The molecular weight excluding hydrogens is 504 g/mol. The molecule has 2 aromatic carbocycles. The Kier molecular flexibility index (Phi) is 24.9. The zero-order valence-corrected chi connectivity index (χ0v) is 23.8. The van der Waals surface area contributed by atoms with E-state index in [0.717, 1.165) is 38.5 Å². The standard InChI is InChI=1S/C26H28O4.2C2H6O.Ti/c27-23(19-25(29)21-13-7-5-8-14-21)17-11-3-1-2-4-12-18-24(28)20-26(30)22-15-9-6-10-16-22;2*1-2-3;/h5-10,13-16,19-20H,1-4,11-12,17-18H2;2*3H,2H2,1H3;/q-2;;;/p+6. The Morgan fingerprint density at radius 3 is 1.14 bits per heavy atom. The summed E-state index contributed by atoms with van der Waals surface area (Å²) in [6.45, 7) is 4.58. The molecule has 6 nitrogen and oxygen atoms in total. The van der Waals surface area contributed by atoms with E-state index in [4.69, 9.17) is 10.2 Å². The number of unbranched alkanes of at least 4 members (excludes halogenated alkanes) is 5. The van der Waals surface area contributed by atoms with Gasteiger partial charge in [-0.25, -0.2) is 0 Å². The van der Waals surface area contributed by atoms with Crippen molar-refractivity contribution >= 4 is 23.1 Å². The van der Waals surface area contributed by atoms with Gasteiger partial charge in [0.1, 0.15) is 13.2 Å². The molecule has 0 atom stereocenters. The summed E-state index contributed by atoms with van der Waals surface area (Å²) >= 11 is 0. The van der Waals surface area contributed by atoms with Crippen molar-refractivity contribution in [1.29, 1.82) is 0 Å². The monoisotopic (exact) mass is 550 g/mol. The summed E-state index contributed by atoms with van der Waals surface area (Å²) < 4.78 is 0. The number of rotatable bonds is 15. The Morgan fingerprint density at radius 2 is 0.838 bits per heavy atom. The summed E-state index contributed by atoms with van der Waals surface area (Å²) in [4.78, 5) is 39.9. The largest absolute Gasteiger partial charge is 0.446 e. The van der Waals surface area contributed by atoms with Gasteiger partial charge in [-0.2, -0.15) is 0 Å². The summed E-state index contributed by atoms with van der Waals surface area (Å²) in [5.74, 6) is 0.551. The van der Waals surface area contributed by atoms with E-state index >= 15 is 0 Å². The molecule has 0 aliphatic heterocycles. The fourth-order valence-electron chi connectivity index (χ4n) is 3.16. The Balaban J connectivity index is 0. The molecule has 0 amide bonds. The minimum atomic E-state index is 0. The minimum absolute atomic E-state index is 0. The third-order valence-electron chi connectivity index (χ3n) is 4.86. The summed E-state index contributed by atoms with van der Waals surface area (Å²) in [5.41, 5.74) is 1.38. The molecule has 8 N–H and O–H groups in total. The first-order valence-corrected chi connectivity index (χ1v) is 12.7. The number of benzene rings is 2. The molecule has 0 saturated carbocycles. The van der Waals surface area contributed by atoms with Crippen molar-refractivity contribution in [3.8, 4) is 0 Å². The van der Waals surface area contributed by atoms with Crippen LogP contribution in [0, 0.1) is 12.8 Å². The van der Waals surface area contributed by atoms with Crippen LogP contribution in [0.1, 0.15) is 76.3 Å². The van der Waals surface area contributed by atoms with Crippen molar-refractivity contribution in [2.45, 2.75) is 65.2 Å². The molecule has 0 fully saturated rings. The van der Waals surface area contributed by atoms with Gasteiger partial charge in [-0.1, -0.05) is 73.2 Å². The Bertz CT molecular complexity index is 795. The van der Waals surface area contributed by atoms with Crippen molar-refractivity contribution in [2.24, 2.45) is 0 Å².